The third kappa shape index (κ3) is 4.90. The van der Waals surface area contributed by atoms with Gasteiger partial charge in [0.15, 0.2) is 0 Å². The average molecular weight is 215 g/mol. The summed E-state index contributed by atoms with van der Waals surface area (Å²) in [6, 6.07) is 0. The van der Waals surface area contributed by atoms with E-state index in [4.69, 9.17) is 9.47 Å². The Morgan fingerprint density at radius 3 is 2.60 bits per heavy atom. The van der Waals surface area contributed by atoms with E-state index in [1.165, 1.54) is 0 Å². The van der Waals surface area contributed by atoms with Gasteiger partial charge in [0, 0.05) is 33.0 Å². The Balaban J connectivity index is 2.12. The Morgan fingerprint density at radius 2 is 2.00 bits per heavy atom. The van der Waals surface area contributed by atoms with Gasteiger partial charge >= 0.3 is 5.97 Å². The zero-order chi connectivity index (χ0) is 11.1. The van der Waals surface area contributed by atoms with Crippen molar-refractivity contribution in [1.29, 1.82) is 0 Å². The number of nitrogens with zero attached hydrogens (tertiary/aromatic N) is 1. The predicted octanol–water partition coefficient (Wildman–Crippen LogP) is -0.159. The Kier molecular flexibility index (Phi) is 5.28. The summed E-state index contributed by atoms with van der Waals surface area (Å²) >= 11 is 0. The molecule has 0 aliphatic carbocycles. The van der Waals surface area contributed by atoms with E-state index < -0.39 is 0 Å². The Hall–Kier alpha value is -0.940. The fourth-order valence-electron chi connectivity index (χ4n) is 1.43. The van der Waals surface area contributed by atoms with Crippen molar-refractivity contribution in [1.82, 2.24) is 4.90 Å². The molecule has 1 aliphatic rings. The van der Waals surface area contributed by atoms with Gasteiger partial charge in [-0.3, -0.25) is 14.5 Å². The molecule has 5 nitrogen and oxygen atoms in total. The molecule has 0 saturated carbocycles. The lowest BCUT2D eigenvalue weighted by molar-refractivity contribution is -0.147. The summed E-state index contributed by atoms with van der Waals surface area (Å²) in [5.74, 6) is 0.0281. The quantitative estimate of drug-likeness (QED) is 0.471. The highest BCUT2D eigenvalue weighted by Gasteiger charge is 2.18. The molecule has 1 rings (SSSR count). The Bertz CT molecular complexity index is 219. The maximum Gasteiger partial charge on any atom is 0.320 e. The zero-order valence-corrected chi connectivity index (χ0v) is 9.03. The van der Waals surface area contributed by atoms with Crippen molar-refractivity contribution in [2.75, 3.05) is 40.0 Å². The summed E-state index contributed by atoms with van der Waals surface area (Å²) in [5, 5.41) is 0. The first-order valence-corrected chi connectivity index (χ1v) is 5.11. The van der Waals surface area contributed by atoms with E-state index in [-0.39, 0.29) is 18.3 Å². The number of likely N-dealkylation sites (tertiary alicyclic amines) is 1. The lowest BCUT2D eigenvalue weighted by atomic mass is 10.1. The van der Waals surface area contributed by atoms with Crippen LogP contribution in [0.25, 0.3) is 0 Å². The Labute approximate surface area is 89.3 Å². The molecule has 1 saturated heterocycles. The number of rotatable bonds is 5. The second-order valence-electron chi connectivity index (χ2n) is 3.53. The van der Waals surface area contributed by atoms with Crippen LogP contribution in [0.15, 0.2) is 0 Å². The van der Waals surface area contributed by atoms with E-state index in [0.717, 1.165) is 0 Å². The third-order valence-corrected chi connectivity index (χ3v) is 2.32. The number of Topliss-reactive ketones (excluding diaryl/α,β-unsaturated/α-hetero) is 1. The van der Waals surface area contributed by atoms with Crippen LogP contribution in [0, 0.1) is 0 Å². The molecule has 0 aromatic rings. The normalized spacial score (nSPS) is 17.8. The molecule has 0 spiro atoms. The summed E-state index contributed by atoms with van der Waals surface area (Å²) in [5.41, 5.74) is 0. The van der Waals surface area contributed by atoms with Crippen molar-refractivity contribution in [3.8, 4) is 0 Å². The van der Waals surface area contributed by atoms with Crippen molar-refractivity contribution >= 4 is 11.8 Å². The number of ketones is 1. The number of piperidine rings is 1. The van der Waals surface area contributed by atoms with Gasteiger partial charge in [-0.05, 0) is 0 Å². The lowest BCUT2D eigenvalue weighted by Gasteiger charge is -2.24. The number of esters is 1. The first kappa shape index (κ1) is 12.1. The summed E-state index contributed by atoms with van der Waals surface area (Å²) in [6.07, 6.45) is 1.09. The van der Waals surface area contributed by atoms with Gasteiger partial charge in [-0.25, -0.2) is 0 Å². The minimum Gasteiger partial charge on any atom is -0.462 e. The van der Waals surface area contributed by atoms with Crippen LogP contribution in [-0.4, -0.2) is 56.6 Å². The molecule has 0 aromatic carbocycles. The smallest absolute Gasteiger partial charge is 0.320 e. The number of methoxy groups -OCH3 is 1. The first-order chi connectivity index (χ1) is 7.22. The number of hydrogen-bond donors (Lipinski definition) is 0. The first-order valence-electron chi connectivity index (χ1n) is 5.11. The van der Waals surface area contributed by atoms with Gasteiger partial charge in [0.25, 0.3) is 0 Å². The van der Waals surface area contributed by atoms with Crippen molar-refractivity contribution < 1.29 is 19.1 Å². The standard InChI is InChI=1S/C10H17NO4/c1-14-6-7-15-10(13)8-11-4-2-9(12)3-5-11/h2-8H2,1H3. The molecule has 5 heteroatoms. The van der Waals surface area contributed by atoms with E-state index >= 15 is 0 Å². The average Bonchev–Trinajstić information content (AvgIpc) is 2.22. The van der Waals surface area contributed by atoms with Gasteiger partial charge in [-0.1, -0.05) is 0 Å². The van der Waals surface area contributed by atoms with Crippen LogP contribution >= 0.6 is 0 Å². The second kappa shape index (κ2) is 6.53. The topological polar surface area (TPSA) is 55.8 Å². The highest BCUT2D eigenvalue weighted by Crippen LogP contribution is 2.04. The minimum atomic E-state index is -0.249. The van der Waals surface area contributed by atoms with E-state index in [1.54, 1.807) is 7.11 Å². The fourth-order valence-corrected chi connectivity index (χ4v) is 1.43. The van der Waals surface area contributed by atoms with Crippen LogP contribution in [0.5, 0.6) is 0 Å². The van der Waals surface area contributed by atoms with Gasteiger partial charge in [0.05, 0.1) is 13.2 Å². The molecule has 86 valence electrons. The zero-order valence-electron chi connectivity index (χ0n) is 9.03. The molecule has 15 heavy (non-hydrogen) atoms. The van der Waals surface area contributed by atoms with Gasteiger partial charge in [-0.2, -0.15) is 0 Å². The van der Waals surface area contributed by atoms with Gasteiger partial charge in [-0.15, -0.1) is 0 Å². The number of carbonyl (C=O) groups is 2. The molecule has 1 aliphatic heterocycles. The summed E-state index contributed by atoms with van der Waals surface area (Å²) in [6.45, 7) is 2.32. The van der Waals surface area contributed by atoms with Crippen LogP contribution in [-0.2, 0) is 19.1 Å². The van der Waals surface area contributed by atoms with Crippen LogP contribution < -0.4 is 0 Å². The number of hydrogen-bond acceptors (Lipinski definition) is 5. The summed E-state index contributed by atoms with van der Waals surface area (Å²) in [7, 11) is 1.56. The predicted molar refractivity (Wildman–Crippen MR) is 53.5 cm³/mol. The summed E-state index contributed by atoms with van der Waals surface area (Å²) in [4.78, 5) is 24.2. The highest BCUT2D eigenvalue weighted by molar-refractivity contribution is 5.80. The second-order valence-corrected chi connectivity index (χ2v) is 3.53. The molecule has 1 heterocycles. The largest absolute Gasteiger partial charge is 0.462 e. The number of ether oxygens (including phenoxy) is 2. The van der Waals surface area contributed by atoms with Gasteiger partial charge in [0.2, 0.25) is 0 Å². The van der Waals surface area contributed by atoms with E-state index in [1.807, 2.05) is 4.90 Å². The van der Waals surface area contributed by atoms with Crippen LogP contribution in [0.4, 0.5) is 0 Å². The Morgan fingerprint density at radius 1 is 1.33 bits per heavy atom. The summed E-state index contributed by atoms with van der Waals surface area (Å²) < 4.78 is 9.68. The molecule has 0 N–H and O–H groups in total. The van der Waals surface area contributed by atoms with E-state index in [9.17, 15) is 9.59 Å². The molecule has 0 amide bonds. The van der Waals surface area contributed by atoms with Gasteiger partial charge < -0.3 is 9.47 Å². The van der Waals surface area contributed by atoms with Crippen molar-refractivity contribution in [2.24, 2.45) is 0 Å². The monoisotopic (exact) mass is 215 g/mol. The van der Waals surface area contributed by atoms with Crippen molar-refractivity contribution in [3.63, 3.8) is 0 Å². The molecule has 0 bridgehead atoms. The minimum absolute atomic E-state index is 0.249. The molecule has 0 atom stereocenters. The van der Waals surface area contributed by atoms with Crippen LogP contribution in [0.2, 0.25) is 0 Å². The molecule has 1 fully saturated rings. The molecule has 0 radical (unpaired) electrons. The van der Waals surface area contributed by atoms with Crippen LogP contribution in [0.1, 0.15) is 12.8 Å². The highest BCUT2D eigenvalue weighted by atomic mass is 16.6. The van der Waals surface area contributed by atoms with E-state index in [0.29, 0.717) is 39.1 Å². The fraction of sp³-hybridized carbons (Fsp3) is 0.800. The molecule has 0 unspecified atom stereocenters. The SMILES string of the molecule is COCCOC(=O)CN1CCC(=O)CC1. The number of carbonyl (C=O) groups excluding carboxylic acids is 2. The van der Waals surface area contributed by atoms with Crippen LogP contribution in [0.3, 0.4) is 0 Å². The maximum atomic E-state index is 11.3. The third-order valence-electron chi connectivity index (χ3n) is 2.32. The maximum absolute atomic E-state index is 11.3. The van der Waals surface area contributed by atoms with Crippen molar-refractivity contribution in [2.45, 2.75) is 12.8 Å². The molecular weight excluding hydrogens is 198 g/mol. The van der Waals surface area contributed by atoms with E-state index in [2.05, 4.69) is 0 Å². The molecule has 0 aromatic heterocycles. The van der Waals surface area contributed by atoms with Crippen molar-refractivity contribution in [3.05, 3.63) is 0 Å². The lowest BCUT2D eigenvalue weighted by Crippen LogP contribution is -2.38. The van der Waals surface area contributed by atoms with Gasteiger partial charge in [0.1, 0.15) is 12.4 Å². The molecular formula is C10H17NO4.